The maximum atomic E-state index is 10.4. The molecule has 0 rings (SSSR count). The van der Waals surface area contributed by atoms with Crippen molar-refractivity contribution in [2.75, 3.05) is 12.4 Å². The van der Waals surface area contributed by atoms with Gasteiger partial charge in [0, 0.05) is 5.75 Å². The maximum Gasteiger partial charge on any atom is 0.316 e. The highest BCUT2D eigenvalue weighted by molar-refractivity contribution is 8.00. The fraction of sp³-hybridized carbons (Fsp3) is 0.875. The van der Waals surface area contributed by atoms with Crippen LogP contribution >= 0.6 is 11.8 Å². The molecule has 0 aliphatic carbocycles. The smallest absolute Gasteiger partial charge is 0.316 e. The predicted octanol–water partition coefficient (Wildman–Crippen LogP) is 1.62. The van der Waals surface area contributed by atoms with Crippen molar-refractivity contribution in [1.29, 1.82) is 0 Å². The molecule has 12 heavy (non-hydrogen) atoms. The molecule has 0 bridgehead atoms. The summed E-state index contributed by atoms with van der Waals surface area (Å²) in [6, 6.07) is 0. The lowest BCUT2D eigenvalue weighted by molar-refractivity contribution is -0.136. The summed E-state index contributed by atoms with van der Waals surface area (Å²) in [5, 5.41) is 8.20. The van der Waals surface area contributed by atoms with Crippen LogP contribution in [0.5, 0.6) is 0 Å². The molecule has 0 aliphatic heterocycles. The topological polar surface area (TPSA) is 46.5 Å². The molecule has 0 aromatic carbocycles. The van der Waals surface area contributed by atoms with E-state index < -0.39 is 5.97 Å². The molecule has 0 fully saturated rings. The quantitative estimate of drug-likeness (QED) is 0.650. The van der Waals surface area contributed by atoms with Gasteiger partial charge in [-0.05, 0) is 20.8 Å². The largest absolute Gasteiger partial charge is 0.480 e. The van der Waals surface area contributed by atoms with Gasteiger partial charge in [-0.3, -0.25) is 4.79 Å². The number of aliphatic carboxylic acids is 1. The molecule has 1 unspecified atom stereocenters. The summed E-state index contributed by atoms with van der Waals surface area (Å²) >= 11 is 1.40. The van der Waals surface area contributed by atoms with Gasteiger partial charge in [0.1, 0.15) is 0 Å². The molecule has 0 aliphatic rings. The number of carboxylic acid groups (broad SMARTS) is 1. The van der Waals surface area contributed by atoms with Gasteiger partial charge in [0.25, 0.3) is 0 Å². The normalized spacial score (nSPS) is 13.3. The summed E-state index contributed by atoms with van der Waals surface area (Å²) < 4.78 is 5.26. The first-order chi connectivity index (χ1) is 5.54. The fourth-order valence-corrected chi connectivity index (χ4v) is 1.27. The van der Waals surface area contributed by atoms with E-state index in [1.165, 1.54) is 11.8 Å². The van der Waals surface area contributed by atoms with Gasteiger partial charge in [0.2, 0.25) is 0 Å². The van der Waals surface area contributed by atoms with Crippen LogP contribution in [0.25, 0.3) is 0 Å². The van der Waals surface area contributed by atoms with Crippen molar-refractivity contribution < 1.29 is 14.6 Å². The Morgan fingerprint density at radius 3 is 2.50 bits per heavy atom. The molecule has 0 aromatic rings. The molecule has 3 nitrogen and oxygen atoms in total. The van der Waals surface area contributed by atoms with Crippen LogP contribution in [-0.4, -0.2) is 34.8 Å². The molecule has 1 atom stereocenters. The Kier molecular flexibility index (Phi) is 6.20. The van der Waals surface area contributed by atoms with Gasteiger partial charge in [0.15, 0.2) is 0 Å². The zero-order chi connectivity index (χ0) is 9.56. The van der Waals surface area contributed by atoms with Crippen molar-refractivity contribution >= 4 is 17.7 Å². The summed E-state index contributed by atoms with van der Waals surface area (Å²) in [7, 11) is 0. The Balaban J connectivity index is 3.25. The molecule has 0 aromatic heterocycles. The van der Waals surface area contributed by atoms with Crippen LogP contribution < -0.4 is 0 Å². The summed E-state index contributed by atoms with van der Waals surface area (Å²) in [4.78, 5) is 10.4. The number of hydrogen-bond donors (Lipinski definition) is 1. The van der Waals surface area contributed by atoms with Gasteiger partial charge >= 0.3 is 5.97 Å². The van der Waals surface area contributed by atoms with Crippen LogP contribution in [-0.2, 0) is 9.53 Å². The number of thioether (sulfide) groups is 1. The Morgan fingerprint density at radius 1 is 1.50 bits per heavy atom. The van der Waals surface area contributed by atoms with E-state index in [2.05, 4.69) is 0 Å². The van der Waals surface area contributed by atoms with E-state index in [-0.39, 0.29) is 11.4 Å². The summed E-state index contributed by atoms with van der Waals surface area (Å²) in [5.41, 5.74) is 0. The number of carbonyl (C=O) groups is 1. The molecule has 0 saturated heterocycles. The van der Waals surface area contributed by atoms with Gasteiger partial charge in [-0.25, -0.2) is 0 Å². The minimum absolute atomic E-state index is 0.228. The fourth-order valence-electron chi connectivity index (χ4n) is 0.580. The van der Waals surface area contributed by atoms with E-state index >= 15 is 0 Å². The Morgan fingerprint density at radius 2 is 2.08 bits per heavy atom. The van der Waals surface area contributed by atoms with Gasteiger partial charge < -0.3 is 9.84 Å². The Labute approximate surface area is 77.5 Å². The second-order valence-electron chi connectivity index (χ2n) is 2.77. The lowest BCUT2D eigenvalue weighted by atomic mass is 10.5. The molecule has 72 valence electrons. The molecule has 1 N–H and O–H groups in total. The van der Waals surface area contributed by atoms with Crippen LogP contribution in [0.4, 0.5) is 0 Å². The van der Waals surface area contributed by atoms with Crippen LogP contribution in [0.15, 0.2) is 0 Å². The highest BCUT2D eigenvalue weighted by Gasteiger charge is 2.10. The highest BCUT2D eigenvalue weighted by atomic mass is 32.2. The predicted molar refractivity (Wildman–Crippen MR) is 50.6 cm³/mol. The van der Waals surface area contributed by atoms with Crippen LogP contribution in [0.3, 0.4) is 0 Å². The Hall–Kier alpha value is -0.220. The van der Waals surface area contributed by atoms with Crippen LogP contribution in [0, 0.1) is 0 Å². The molecule has 0 heterocycles. The number of hydrogen-bond acceptors (Lipinski definition) is 3. The lowest BCUT2D eigenvalue weighted by Gasteiger charge is -2.08. The van der Waals surface area contributed by atoms with Crippen molar-refractivity contribution in [3.05, 3.63) is 0 Å². The molecule has 0 spiro atoms. The zero-order valence-electron chi connectivity index (χ0n) is 7.74. The number of carboxylic acids is 1. The molecule has 0 saturated carbocycles. The van der Waals surface area contributed by atoms with Gasteiger partial charge in [-0.1, -0.05) is 0 Å². The highest BCUT2D eigenvalue weighted by Crippen LogP contribution is 2.09. The second kappa shape index (κ2) is 6.31. The van der Waals surface area contributed by atoms with E-state index in [1.54, 1.807) is 6.92 Å². The number of ether oxygens (including phenoxy) is 1. The molecule has 0 radical (unpaired) electrons. The first kappa shape index (κ1) is 11.8. The zero-order valence-corrected chi connectivity index (χ0v) is 8.56. The third-order valence-electron chi connectivity index (χ3n) is 1.25. The summed E-state index contributed by atoms with van der Waals surface area (Å²) in [6.07, 6.45) is 0.228. The van der Waals surface area contributed by atoms with Crippen molar-refractivity contribution in [3.63, 3.8) is 0 Å². The summed E-state index contributed by atoms with van der Waals surface area (Å²) in [6.45, 7) is 6.24. The number of rotatable bonds is 6. The van der Waals surface area contributed by atoms with Crippen molar-refractivity contribution in [1.82, 2.24) is 0 Å². The van der Waals surface area contributed by atoms with Crippen molar-refractivity contribution in [2.45, 2.75) is 32.1 Å². The maximum absolute atomic E-state index is 10.4. The van der Waals surface area contributed by atoms with Gasteiger partial charge in [0.05, 0.1) is 18.0 Å². The standard InChI is InChI=1S/C8H16O3S/c1-6(2)11-4-5-12-7(3)8(9)10/h6-7H,4-5H2,1-3H3,(H,9,10). The molecule has 4 heteroatoms. The minimum Gasteiger partial charge on any atom is -0.480 e. The first-order valence-electron chi connectivity index (χ1n) is 4.00. The summed E-state index contributed by atoms with van der Waals surface area (Å²) in [5.74, 6) is -0.0180. The van der Waals surface area contributed by atoms with E-state index in [0.29, 0.717) is 6.61 Å². The van der Waals surface area contributed by atoms with Crippen molar-refractivity contribution in [2.24, 2.45) is 0 Å². The SMILES string of the molecule is CC(C)OCCSC(C)C(=O)O. The lowest BCUT2D eigenvalue weighted by Crippen LogP contribution is -2.14. The van der Waals surface area contributed by atoms with Crippen LogP contribution in [0.2, 0.25) is 0 Å². The van der Waals surface area contributed by atoms with Gasteiger partial charge in [-0.2, -0.15) is 0 Å². The molecular weight excluding hydrogens is 176 g/mol. The Bertz CT molecular complexity index is 136. The van der Waals surface area contributed by atoms with E-state index in [4.69, 9.17) is 9.84 Å². The van der Waals surface area contributed by atoms with Crippen LogP contribution in [0.1, 0.15) is 20.8 Å². The van der Waals surface area contributed by atoms with E-state index in [0.717, 1.165) is 5.75 Å². The third-order valence-corrected chi connectivity index (χ3v) is 2.35. The molecule has 0 amide bonds. The van der Waals surface area contributed by atoms with Gasteiger partial charge in [-0.15, -0.1) is 11.8 Å². The minimum atomic E-state index is -0.760. The average Bonchev–Trinajstić information content (AvgIpc) is 1.97. The van der Waals surface area contributed by atoms with Crippen molar-refractivity contribution in [3.8, 4) is 0 Å². The van der Waals surface area contributed by atoms with E-state index in [9.17, 15) is 4.79 Å². The molecular formula is C8H16O3S. The van der Waals surface area contributed by atoms with E-state index in [1.807, 2.05) is 13.8 Å². The second-order valence-corrected chi connectivity index (χ2v) is 4.22. The first-order valence-corrected chi connectivity index (χ1v) is 5.05. The monoisotopic (exact) mass is 192 g/mol. The third kappa shape index (κ3) is 6.49. The average molecular weight is 192 g/mol.